The van der Waals surface area contributed by atoms with Crippen molar-refractivity contribution >= 4 is 23.0 Å². The second-order valence-corrected chi connectivity index (χ2v) is 4.29. The molecule has 5 heteroatoms. The van der Waals surface area contributed by atoms with Gasteiger partial charge < -0.3 is 0 Å². The van der Waals surface area contributed by atoms with E-state index >= 15 is 0 Å². The highest BCUT2D eigenvalue weighted by Crippen LogP contribution is 2.24. The van der Waals surface area contributed by atoms with Crippen molar-refractivity contribution in [2.24, 2.45) is 0 Å². The zero-order valence-electron chi connectivity index (χ0n) is 9.31. The first kappa shape index (κ1) is 10.9. The van der Waals surface area contributed by atoms with Gasteiger partial charge in [0.15, 0.2) is 10.5 Å². The number of hydrogen-bond acceptors (Lipinski definition) is 3. The normalized spacial score (nSPS) is 10.7. The summed E-state index contributed by atoms with van der Waals surface area (Å²) < 4.78 is 0.226. The van der Waals surface area contributed by atoms with Gasteiger partial charge in [0, 0.05) is 5.56 Å². The van der Waals surface area contributed by atoms with Crippen molar-refractivity contribution < 1.29 is 0 Å². The number of fused-ring (bicyclic) bond motifs is 1. The van der Waals surface area contributed by atoms with E-state index in [1.165, 1.54) is 0 Å². The lowest BCUT2D eigenvalue weighted by Gasteiger charge is -2.04. The van der Waals surface area contributed by atoms with Gasteiger partial charge in [-0.15, -0.1) is 0 Å². The van der Waals surface area contributed by atoms with Crippen molar-refractivity contribution in [3.63, 3.8) is 0 Å². The van der Waals surface area contributed by atoms with Crippen molar-refractivity contribution in [1.82, 2.24) is 15.2 Å². The second-order valence-electron chi connectivity index (χ2n) is 3.88. The van der Waals surface area contributed by atoms with Gasteiger partial charge in [-0.25, -0.2) is 0 Å². The molecule has 0 amide bonds. The van der Waals surface area contributed by atoms with E-state index in [-0.39, 0.29) is 10.3 Å². The van der Waals surface area contributed by atoms with Crippen LogP contribution in [0.15, 0.2) is 47.3 Å². The number of nitrogens with one attached hydrogen (secondary N) is 2. The van der Waals surface area contributed by atoms with Crippen LogP contribution in [0.5, 0.6) is 0 Å². The average Bonchev–Trinajstić information content (AvgIpc) is 2.38. The summed E-state index contributed by atoms with van der Waals surface area (Å²) in [5.74, 6) is 0. The molecule has 0 aliphatic carbocycles. The molecule has 0 bridgehead atoms. The van der Waals surface area contributed by atoms with Crippen LogP contribution in [0.1, 0.15) is 0 Å². The summed E-state index contributed by atoms with van der Waals surface area (Å²) in [5.41, 5.74) is 0.858. The zero-order valence-corrected chi connectivity index (χ0v) is 10.1. The average molecular weight is 255 g/mol. The maximum atomic E-state index is 11.9. The van der Waals surface area contributed by atoms with Crippen LogP contribution in [0.25, 0.3) is 22.0 Å². The van der Waals surface area contributed by atoms with E-state index in [9.17, 15) is 4.79 Å². The summed E-state index contributed by atoms with van der Waals surface area (Å²) in [6.07, 6.45) is 0. The minimum Gasteiger partial charge on any atom is -0.296 e. The Kier molecular flexibility index (Phi) is 2.53. The molecule has 0 unspecified atom stereocenters. The molecule has 2 N–H and O–H groups in total. The summed E-state index contributed by atoms with van der Waals surface area (Å²) in [6.45, 7) is 0. The second kappa shape index (κ2) is 4.19. The van der Waals surface area contributed by atoms with Crippen LogP contribution >= 0.6 is 12.2 Å². The Morgan fingerprint density at radius 1 is 1.06 bits per heavy atom. The van der Waals surface area contributed by atoms with Gasteiger partial charge in [-0.1, -0.05) is 42.5 Å². The summed E-state index contributed by atoms with van der Waals surface area (Å²) in [5, 5.41) is 8.70. The molecule has 0 radical (unpaired) electrons. The molecule has 88 valence electrons. The Hall–Kier alpha value is -2.27. The Morgan fingerprint density at radius 2 is 1.83 bits per heavy atom. The van der Waals surface area contributed by atoms with Crippen molar-refractivity contribution in [1.29, 1.82) is 0 Å². The number of rotatable bonds is 1. The molecule has 18 heavy (non-hydrogen) atoms. The van der Waals surface area contributed by atoms with Crippen LogP contribution in [-0.4, -0.2) is 15.2 Å². The van der Waals surface area contributed by atoms with Gasteiger partial charge in [0.05, 0.1) is 0 Å². The van der Waals surface area contributed by atoms with E-state index in [1.807, 2.05) is 42.5 Å². The topological polar surface area (TPSA) is 61.5 Å². The Morgan fingerprint density at radius 3 is 2.67 bits per heavy atom. The highest BCUT2D eigenvalue weighted by atomic mass is 32.1. The number of benzene rings is 2. The minimum atomic E-state index is -0.282. The van der Waals surface area contributed by atoms with Crippen LogP contribution in [0.2, 0.25) is 0 Å². The van der Waals surface area contributed by atoms with Gasteiger partial charge in [0.1, 0.15) is 0 Å². The van der Waals surface area contributed by atoms with Gasteiger partial charge >= 0.3 is 0 Å². The van der Waals surface area contributed by atoms with Crippen molar-refractivity contribution in [3.05, 3.63) is 57.6 Å². The fourth-order valence-corrected chi connectivity index (χ4v) is 2.10. The molecule has 0 spiro atoms. The summed E-state index contributed by atoms with van der Waals surface area (Å²) in [7, 11) is 0. The molecule has 3 rings (SSSR count). The van der Waals surface area contributed by atoms with Gasteiger partial charge in [-0.05, 0) is 23.0 Å². The SMILES string of the molecule is O=c1[nH]c(=S)[nH]nc1-c1cccc2ccccc12. The molecule has 0 atom stereocenters. The smallest absolute Gasteiger partial charge is 0.278 e. The quantitative estimate of drug-likeness (QED) is 0.657. The Bertz CT molecular complexity index is 830. The third-order valence-electron chi connectivity index (χ3n) is 2.76. The summed E-state index contributed by atoms with van der Waals surface area (Å²) in [6, 6.07) is 13.6. The molecule has 0 fully saturated rings. The summed E-state index contributed by atoms with van der Waals surface area (Å²) in [4.78, 5) is 14.4. The van der Waals surface area contributed by atoms with E-state index < -0.39 is 0 Å². The first-order valence-corrected chi connectivity index (χ1v) is 5.84. The van der Waals surface area contributed by atoms with E-state index in [0.717, 1.165) is 16.3 Å². The van der Waals surface area contributed by atoms with E-state index in [2.05, 4.69) is 15.2 Å². The van der Waals surface area contributed by atoms with Crippen LogP contribution in [0.4, 0.5) is 0 Å². The van der Waals surface area contributed by atoms with E-state index in [1.54, 1.807) is 0 Å². The fourth-order valence-electron chi connectivity index (χ4n) is 1.96. The van der Waals surface area contributed by atoms with Gasteiger partial charge in [-0.2, -0.15) is 5.10 Å². The lowest BCUT2D eigenvalue weighted by molar-refractivity contribution is 0.933. The standard InChI is InChI=1S/C13H9N3OS/c17-12-11(15-16-13(18)14-12)10-7-3-5-8-4-1-2-6-9(8)10/h1-7H,(H2,14,16,17,18). The predicted molar refractivity (Wildman–Crippen MR) is 73.0 cm³/mol. The molecular weight excluding hydrogens is 246 g/mol. The first-order chi connectivity index (χ1) is 8.75. The largest absolute Gasteiger partial charge is 0.296 e. The predicted octanol–water partition coefficient (Wildman–Crippen LogP) is 2.65. The van der Waals surface area contributed by atoms with Gasteiger partial charge in [0.25, 0.3) is 5.56 Å². The highest BCUT2D eigenvalue weighted by molar-refractivity contribution is 7.71. The fraction of sp³-hybridized carbons (Fsp3) is 0. The zero-order chi connectivity index (χ0) is 12.5. The van der Waals surface area contributed by atoms with Crippen LogP contribution in [0, 0.1) is 4.77 Å². The molecular formula is C13H9N3OS. The molecule has 1 aromatic heterocycles. The third-order valence-corrected chi connectivity index (χ3v) is 2.95. The number of aromatic amines is 2. The first-order valence-electron chi connectivity index (χ1n) is 5.43. The van der Waals surface area contributed by atoms with Gasteiger partial charge in [0.2, 0.25) is 0 Å². The number of nitrogens with zero attached hydrogens (tertiary/aromatic N) is 1. The van der Waals surface area contributed by atoms with Crippen LogP contribution < -0.4 is 5.56 Å². The molecule has 0 saturated carbocycles. The van der Waals surface area contributed by atoms with Crippen molar-refractivity contribution in [2.45, 2.75) is 0 Å². The maximum Gasteiger partial charge on any atom is 0.278 e. The van der Waals surface area contributed by atoms with Crippen LogP contribution in [-0.2, 0) is 0 Å². The number of hydrogen-bond donors (Lipinski definition) is 2. The molecule has 0 saturated heterocycles. The monoisotopic (exact) mass is 255 g/mol. The number of aromatic nitrogens is 3. The molecule has 0 aliphatic rings. The number of H-pyrrole nitrogens is 2. The third kappa shape index (κ3) is 1.74. The summed E-state index contributed by atoms with van der Waals surface area (Å²) >= 11 is 4.83. The van der Waals surface area contributed by atoms with E-state index in [0.29, 0.717) is 5.69 Å². The van der Waals surface area contributed by atoms with Crippen LogP contribution in [0.3, 0.4) is 0 Å². The van der Waals surface area contributed by atoms with Crippen molar-refractivity contribution in [2.75, 3.05) is 0 Å². The minimum absolute atomic E-state index is 0.226. The molecule has 1 heterocycles. The molecule has 2 aromatic carbocycles. The lowest BCUT2D eigenvalue weighted by atomic mass is 10.0. The molecule has 4 nitrogen and oxygen atoms in total. The van der Waals surface area contributed by atoms with E-state index in [4.69, 9.17) is 12.2 Å². The molecule has 0 aliphatic heterocycles. The van der Waals surface area contributed by atoms with Gasteiger partial charge in [-0.3, -0.25) is 14.9 Å². The Balaban J connectivity index is 2.38. The maximum absolute atomic E-state index is 11.9. The Labute approximate surface area is 107 Å². The van der Waals surface area contributed by atoms with Crippen molar-refractivity contribution in [3.8, 4) is 11.3 Å². The molecule has 3 aromatic rings. The lowest BCUT2D eigenvalue weighted by Crippen LogP contribution is -2.13. The highest BCUT2D eigenvalue weighted by Gasteiger charge is 2.08.